The fourth-order valence-electron chi connectivity index (χ4n) is 0.958. The lowest BCUT2D eigenvalue weighted by molar-refractivity contribution is -0.140. The zero-order chi connectivity index (χ0) is 12.1. The molecule has 1 aromatic heterocycles. The van der Waals surface area contributed by atoms with Crippen LogP contribution in [0.1, 0.15) is 16.9 Å². The van der Waals surface area contributed by atoms with Gasteiger partial charge in [0.25, 0.3) is 5.91 Å². The van der Waals surface area contributed by atoms with E-state index in [1.54, 1.807) is 0 Å². The lowest BCUT2D eigenvalue weighted by Crippen LogP contribution is -2.43. The highest BCUT2D eigenvalue weighted by Crippen LogP contribution is 2.02. The fraction of sp³-hybridized carbons (Fsp3) is 0.250. The Morgan fingerprint density at radius 1 is 1.56 bits per heavy atom. The lowest BCUT2D eigenvalue weighted by atomic mass is 10.2. The second-order valence-corrected chi connectivity index (χ2v) is 3.63. The maximum Gasteiger partial charge on any atom is 0.326 e. The molecule has 0 spiro atoms. The Kier molecular flexibility index (Phi) is 3.95. The minimum absolute atomic E-state index is 0.112. The van der Waals surface area contributed by atoms with Crippen molar-refractivity contribution in [2.75, 3.05) is 0 Å². The van der Waals surface area contributed by atoms with Gasteiger partial charge in [-0.15, -0.1) is 11.3 Å². The Morgan fingerprint density at radius 2 is 2.25 bits per heavy atom. The fourth-order valence-corrected chi connectivity index (χ4v) is 1.49. The van der Waals surface area contributed by atoms with Crippen molar-refractivity contribution >= 4 is 29.1 Å². The Hall–Kier alpha value is -1.96. The zero-order valence-corrected chi connectivity index (χ0v) is 8.86. The van der Waals surface area contributed by atoms with Crippen LogP contribution < -0.4 is 11.1 Å². The number of carbonyl (C=O) groups is 3. The first-order valence-corrected chi connectivity index (χ1v) is 5.15. The number of carboxylic acids is 1. The summed E-state index contributed by atoms with van der Waals surface area (Å²) in [5.74, 6) is -2.76. The molecule has 0 saturated carbocycles. The summed E-state index contributed by atoms with van der Waals surface area (Å²) >= 11 is 1.21. The van der Waals surface area contributed by atoms with Crippen LogP contribution in [-0.2, 0) is 9.59 Å². The number of primary amides is 1. The van der Waals surface area contributed by atoms with Crippen molar-refractivity contribution in [3.63, 3.8) is 0 Å². The summed E-state index contributed by atoms with van der Waals surface area (Å²) < 4.78 is 0. The molecule has 0 unspecified atom stereocenters. The smallest absolute Gasteiger partial charge is 0.326 e. The number of rotatable bonds is 5. The highest BCUT2D eigenvalue weighted by Gasteiger charge is 2.23. The summed E-state index contributed by atoms with van der Waals surface area (Å²) in [6.45, 7) is 0. The van der Waals surface area contributed by atoms with E-state index < -0.39 is 30.2 Å². The van der Waals surface area contributed by atoms with Gasteiger partial charge >= 0.3 is 5.97 Å². The van der Waals surface area contributed by atoms with Crippen LogP contribution in [0.2, 0.25) is 0 Å². The third kappa shape index (κ3) is 3.31. The van der Waals surface area contributed by atoms with Crippen LogP contribution in [0.4, 0.5) is 0 Å². The van der Waals surface area contributed by atoms with Crippen molar-refractivity contribution in [2.24, 2.45) is 5.73 Å². The first-order chi connectivity index (χ1) is 7.50. The molecule has 1 rings (SSSR count). The van der Waals surface area contributed by atoms with E-state index in [0.29, 0.717) is 0 Å². The minimum atomic E-state index is -1.33. The first-order valence-electron chi connectivity index (χ1n) is 4.21. The van der Waals surface area contributed by atoms with Gasteiger partial charge in [-0.1, -0.05) is 0 Å². The molecule has 8 heteroatoms. The van der Waals surface area contributed by atoms with Gasteiger partial charge in [0.2, 0.25) is 5.91 Å². The van der Waals surface area contributed by atoms with E-state index in [9.17, 15) is 14.4 Å². The number of hydrogen-bond acceptors (Lipinski definition) is 5. The number of hydrogen-bond donors (Lipinski definition) is 3. The Labute approximate surface area is 94.3 Å². The third-order valence-electron chi connectivity index (χ3n) is 1.67. The highest BCUT2D eigenvalue weighted by atomic mass is 32.1. The van der Waals surface area contributed by atoms with Crippen LogP contribution in [0, 0.1) is 0 Å². The minimum Gasteiger partial charge on any atom is -0.480 e. The molecule has 86 valence electrons. The van der Waals surface area contributed by atoms with Gasteiger partial charge in [0.15, 0.2) is 0 Å². The summed E-state index contributed by atoms with van der Waals surface area (Å²) in [4.78, 5) is 36.4. The molecule has 2 amide bonds. The molecule has 0 aliphatic heterocycles. The molecule has 7 nitrogen and oxygen atoms in total. The normalized spacial score (nSPS) is 11.8. The predicted molar refractivity (Wildman–Crippen MR) is 54.8 cm³/mol. The molecular formula is C8H9N3O4S. The van der Waals surface area contributed by atoms with Crippen molar-refractivity contribution in [2.45, 2.75) is 12.5 Å². The number of nitrogens with two attached hydrogens (primary N) is 1. The average molecular weight is 243 g/mol. The summed E-state index contributed by atoms with van der Waals surface area (Å²) in [7, 11) is 0. The molecule has 16 heavy (non-hydrogen) atoms. The van der Waals surface area contributed by atoms with Gasteiger partial charge in [-0.2, -0.15) is 0 Å². The van der Waals surface area contributed by atoms with E-state index in [1.807, 2.05) is 0 Å². The molecule has 0 fully saturated rings. The summed E-state index contributed by atoms with van der Waals surface area (Å²) in [5, 5.41) is 12.4. The van der Waals surface area contributed by atoms with Gasteiger partial charge < -0.3 is 16.2 Å². The largest absolute Gasteiger partial charge is 0.480 e. The van der Waals surface area contributed by atoms with Gasteiger partial charge in [0.05, 0.1) is 11.9 Å². The number of aromatic nitrogens is 1. The van der Waals surface area contributed by atoms with Crippen LogP contribution in [0.15, 0.2) is 10.9 Å². The standard InChI is InChI=1S/C8H9N3O4S/c9-6(12)1-4(8(14)15)11-7(13)5-2-16-3-10-5/h2-4H,1H2,(H2,9,12)(H,11,13)(H,14,15)/t4-/m1/s1. The molecule has 0 bridgehead atoms. The first kappa shape index (κ1) is 12.1. The van der Waals surface area contributed by atoms with Gasteiger partial charge in [-0.05, 0) is 0 Å². The molecule has 0 aromatic carbocycles. The number of nitrogens with zero attached hydrogens (tertiary/aromatic N) is 1. The number of amides is 2. The molecule has 1 heterocycles. The van der Waals surface area contributed by atoms with E-state index >= 15 is 0 Å². The molecular weight excluding hydrogens is 234 g/mol. The predicted octanol–water partition coefficient (Wildman–Crippen LogP) is -0.799. The molecule has 1 atom stereocenters. The maximum atomic E-state index is 11.4. The SMILES string of the molecule is NC(=O)C[C@@H](NC(=O)c1cscn1)C(=O)O. The monoisotopic (exact) mass is 243 g/mol. The second kappa shape index (κ2) is 5.21. The maximum absolute atomic E-state index is 11.4. The summed E-state index contributed by atoms with van der Waals surface area (Å²) in [6, 6.07) is -1.33. The van der Waals surface area contributed by atoms with Crippen molar-refractivity contribution in [3.8, 4) is 0 Å². The Bertz CT molecular complexity index is 403. The van der Waals surface area contributed by atoms with Crippen molar-refractivity contribution in [1.29, 1.82) is 0 Å². The lowest BCUT2D eigenvalue weighted by Gasteiger charge is -2.11. The van der Waals surface area contributed by atoms with E-state index in [1.165, 1.54) is 22.2 Å². The van der Waals surface area contributed by atoms with Gasteiger partial charge in [-0.25, -0.2) is 9.78 Å². The summed E-state index contributed by atoms with van der Waals surface area (Å²) in [5.41, 5.74) is 6.41. The molecule has 0 aliphatic rings. The number of thiazole rings is 1. The highest BCUT2D eigenvalue weighted by molar-refractivity contribution is 7.07. The number of aliphatic carboxylic acids is 1. The molecule has 0 radical (unpaired) electrons. The van der Waals surface area contributed by atoms with Crippen LogP contribution in [0.3, 0.4) is 0 Å². The topological polar surface area (TPSA) is 122 Å². The van der Waals surface area contributed by atoms with Gasteiger partial charge in [-0.3, -0.25) is 9.59 Å². The Morgan fingerprint density at radius 3 is 2.69 bits per heavy atom. The van der Waals surface area contributed by atoms with Crippen molar-refractivity contribution in [3.05, 3.63) is 16.6 Å². The van der Waals surface area contributed by atoms with E-state index in [0.717, 1.165) is 0 Å². The van der Waals surface area contributed by atoms with Crippen LogP contribution in [0.25, 0.3) is 0 Å². The van der Waals surface area contributed by atoms with E-state index in [4.69, 9.17) is 10.8 Å². The quantitative estimate of drug-likeness (QED) is 0.625. The van der Waals surface area contributed by atoms with Crippen LogP contribution >= 0.6 is 11.3 Å². The second-order valence-electron chi connectivity index (χ2n) is 2.91. The van der Waals surface area contributed by atoms with Crippen molar-refractivity contribution in [1.82, 2.24) is 10.3 Å². The molecule has 0 aliphatic carbocycles. The van der Waals surface area contributed by atoms with E-state index in [-0.39, 0.29) is 5.69 Å². The van der Waals surface area contributed by atoms with E-state index in [2.05, 4.69) is 10.3 Å². The number of nitrogens with one attached hydrogen (secondary N) is 1. The van der Waals surface area contributed by atoms with Crippen LogP contribution in [-0.4, -0.2) is 33.9 Å². The summed E-state index contributed by atoms with van der Waals surface area (Å²) in [6.07, 6.45) is -0.453. The molecule has 1 aromatic rings. The average Bonchev–Trinajstić information content (AvgIpc) is 2.68. The Balaban J connectivity index is 2.65. The zero-order valence-electron chi connectivity index (χ0n) is 8.04. The molecule has 4 N–H and O–H groups in total. The van der Waals surface area contributed by atoms with Gasteiger partial charge in [0.1, 0.15) is 11.7 Å². The number of carbonyl (C=O) groups excluding carboxylic acids is 2. The van der Waals surface area contributed by atoms with Crippen LogP contribution in [0.5, 0.6) is 0 Å². The van der Waals surface area contributed by atoms with Gasteiger partial charge in [0, 0.05) is 5.38 Å². The number of carboxylic acid groups (broad SMARTS) is 1. The van der Waals surface area contributed by atoms with Crippen molar-refractivity contribution < 1.29 is 19.5 Å². The third-order valence-corrected chi connectivity index (χ3v) is 2.26. The molecule has 0 saturated heterocycles.